The number of nitrogens with zero attached hydrogens (tertiary/aromatic N) is 2. The van der Waals surface area contributed by atoms with Crippen molar-refractivity contribution in [1.82, 2.24) is 9.80 Å². The summed E-state index contributed by atoms with van der Waals surface area (Å²) in [4.78, 5) is 26.2. The lowest BCUT2D eigenvalue weighted by molar-refractivity contribution is -0.151. The Kier molecular flexibility index (Phi) is 4.70. The average molecular weight is 229 g/mol. The van der Waals surface area contributed by atoms with Gasteiger partial charge in [0, 0.05) is 19.6 Å². The van der Waals surface area contributed by atoms with E-state index in [1.54, 1.807) is 4.90 Å². The number of aliphatic hydroxyl groups excluding tert-OH is 1. The zero-order valence-corrected chi connectivity index (χ0v) is 9.56. The van der Waals surface area contributed by atoms with Gasteiger partial charge in [0.1, 0.15) is 0 Å². The first-order valence-electron chi connectivity index (χ1n) is 5.52. The van der Waals surface area contributed by atoms with Gasteiger partial charge in [-0.1, -0.05) is 6.92 Å². The quantitative estimate of drug-likeness (QED) is 0.593. The number of piperazine rings is 1. The van der Waals surface area contributed by atoms with Gasteiger partial charge in [-0.25, -0.2) is 0 Å². The topological polar surface area (TPSA) is 86.9 Å². The Hall–Kier alpha value is -1.14. The van der Waals surface area contributed by atoms with E-state index in [0.29, 0.717) is 6.54 Å². The first-order chi connectivity index (χ1) is 7.58. The summed E-state index contributed by atoms with van der Waals surface area (Å²) in [6, 6.07) is 0. The third kappa shape index (κ3) is 3.18. The Bertz CT molecular complexity index is 270. The zero-order chi connectivity index (χ0) is 12.1. The van der Waals surface area contributed by atoms with E-state index in [0.717, 1.165) is 6.42 Å². The molecule has 0 aromatic heterocycles. The molecule has 1 unspecified atom stereocenters. The van der Waals surface area contributed by atoms with Crippen molar-refractivity contribution >= 4 is 11.8 Å². The van der Waals surface area contributed by atoms with Crippen molar-refractivity contribution in [2.24, 2.45) is 5.73 Å². The molecule has 0 aromatic carbocycles. The summed E-state index contributed by atoms with van der Waals surface area (Å²) in [5, 5.41) is 9.34. The number of hydrogen-bond acceptors (Lipinski definition) is 4. The molecule has 92 valence electrons. The molecule has 0 radical (unpaired) electrons. The maximum absolute atomic E-state index is 11.7. The van der Waals surface area contributed by atoms with Crippen LogP contribution >= 0.6 is 0 Å². The fourth-order valence-electron chi connectivity index (χ4n) is 1.67. The molecule has 0 aromatic rings. The molecule has 1 aliphatic rings. The van der Waals surface area contributed by atoms with Crippen LogP contribution in [0.3, 0.4) is 0 Å². The van der Waals surface area contributed by atoms with E-state index in [4.69, 9.17) is 5.73 Å². The van der Waals surface area contributed by atoms with Crippen molar-refractivity contribution < 1.29 is 14.7 Å². The van der Waals surface area contributed by atoms with Gasteiger partial charge in [0.2, 0.25) is 11.8 Å². The van der Waals surface area contributed by atoms with Crippen LogP contribution in [0, 0.1) is 0 Å². The number of rotatable bonds is 5. The summed E-state index contributed by atoms with van der Waals surface area (Å²) in [5.41, 5.74) is 5.26. The molecule has 1 fully saturated rings. The highest BCUT2D eigenvalue weighted by molar-refractivity contribution is 5.92. The van der Waals surface area contributed by atoms with Crippen molar-refractivity contribution in [1.29, 1.82) is 0 Å². The molecule has 1 aliphatic heterocycles. The van der Waals surface area contributed by atoms with Crippen LogP contribution in [-0.4, -0.2) is 65.5 Å². The summed E-state index contributed by atoms with van der Waals surface area (Å²) in [6.45, 7) is 2.97. The van der Waals surface area contributed by atoms with Crippen molar-refractivity contribution in [2.75, 3.05) is 32.7 Å². The second-order valence-corrected chi connectivity index (χ2v) is 3.98. The van der Waals surface area contributed by atoms with Gasteiger partial charge in [-0.05, 0) is 6.42 Å². The number of β-amino-alcohol motifs (C(OH)–C–C–N with tert-alkyl or cyclic N) is 1. The van der Waals surface area contributed by atoms with Crippen molar-refractivity contribution in [3.8, 4) is 0 Å². The Morgan fingerprint density at radius 1 is 1.31 bits per heavy atom. The SMILES string of the molecule is CCCN1CC(=O)N(CC(O)CN)CC1=O. The Morgan fingerprint density at radius 3 is 2.44 bits per heavy atom. The summed E-state index contributed by atoms with van der Waals surface area (Å²) in [6.07, 6.45) is 0.0826. The third-order valence-electron chi connectivity index (χ3n) is 2.55. The van der Waals surface area contributed by atoms with E-state index in [1.165, 1.54) is 4.90 Å². The van der Waals surface area contributed by atoms with Crippen LogP contribution in [-0.2, 0) is 9.59 Å². The number of carbonyl (C=O) groups is 2. The molecule has 2 amide bonds. The normalized spacial score (nSPS) is 19.2. The number of nitrogens with two attached hydrogens (primary N) is 1. The smallest absolute Gasteiger partial charge is 0.242 e. The van der Waals surface area contributed by atoms with Gasteiger partial charge in [-0.3, -0.25) is 9.59 Å². The molecule has 0 spiro atoms. The number of amides is 2. The van der Waals surface area contributed by atoms with Crippen LogP contribution in [0.2, 0.25) is 0 Å². The number of carbonyl (C=O) groups excluding carboxylic acids is 2. The van der Waals surface area contributed by atoms with Crippen LogP contribution in [0.1, 0.15) is 13.3 Å². The number of hydrogen-bond donors (Lipinski definition) is 2. The zero-order valence-electron chi connectivity index (χ0n) is 9.56. The van der Waals surface area contributed by atoms with E-state index in [2.05, 4.69) is 0 Å². The number of aliphatic hydroxyl groups is 1. The highest BCUT2D eigenvalue weighted by Gasteiger charge is 2.29. The molecule has 6 heteroatoms. The minimum Gasteiger partial charge on any atom is -0.390 e. The molecule has 1 saturated heterocycles. The van der Waals surface area contributed by atoms with Gasteiger partial charge in [0.25, 0.3) is 0 Å². The van der Waals surface area contributed by atoms with Crippen LogP contribution in [0.5, 0.6) is 0 Å². The predicted octanol–water partition coefficient (Wildman–Crippen LogP) is -1.61. The van der Waals surface area contributed by atoms with E-state index < -0.39 is 6.10 Å². The minimum atomic E-state index is -0.755. The molecule has 0 saturated carbocycles. The van der Waals surface area contributed by atoms with E-state index in [-0.39, 0.29) is 38.0 Å². The molecular formula is C10H19N3O3. The second-order valence-electron chi connectivity index (χ2n) is 3.98. The van der Waals surface area contributed by atoms with E-state index >= 15 is 0 Å². The summed E-state index contributed by atoms with van der Waals surface area (Å²) in [5.74, 6) is -0.189. The van der Waals surface area contributed by atoms with E-state index in [9.17, 15) is 14.7 Å². The van der Waals surface area contributed by atoms with Gasteiger partial charge in [0.05, 0.1) is 19.2 Å². The minimum absolute atomic E-state index is 0.0515. The molecule has 6 nitrogen and oxygen atoms in total. The molecule has 1 atom stereocenters. The highest BCUT2D eigenvalue weighted by atomic mass is 16.3. The Labute approximate surface area is 95.0 Å². The van der Waals surface area contributed by atoms with Gasteiger partial charge in [0.15, 0.2) is 0 Å². The highest BCUT2D eigenvalue weighted by Crippen LogP contribution is 2.06. The van der Waals surface area contributed by atoms with Gasteiger partial charge >= 0.3 is 0 Å². The molecule has 3 N–H and O–H groups in total. The molecular weight excluding hydrogens is 210 g/mol. The lowest BCUT2D eigenvalue weighted by Gasteiger charge is -2.34. The molecule has 0 bridgehead atoms. The fourth-order valence-corrected chi connectivity index (χ4v) is 1.67. The molecule has 1 heterocycles. The first-order valence-corrected chi connectivity index (χ1v) is 5.52. The van der Waals surface area contributed by atoms with Crippen molar-refractivity contribution in [2.45, 2.75) is 19.4 Å². The third-order valence-corrected chi connectivity index (χ3v) is 2.55. The average Bonchev–Trinajstić information content (AvgIpc) is 2.25. The Balaban J connectivity index is 2.53. The van der Waals surface area contributed by atoms with Crippen LogP contribution in [0.25, 0.3) is 0 Å². The first kappa shape index (κ1) is 12.9. The molecule has 1 rings (SSSR count). The lowest BCUT2D eigenvalue weighted by atomic mass is 10.2. The largest absolute Gasteiger partial charge is 0.390 e. The summed E-state index contributed by atoms with van der Waals surface area (Å²) >= 11 is 0. The van der Waals surface area contributed by atoms with Crippen LogP contribution in [0.4, 0.5) is 0 Å². The van der Waals surface area contributed by atoms with Gasteiger partial charge < -0.3 is 20.6 Å². The van der Waals surface area contributed by atoms with Gasteiger partial charge in [-0.2, -0.15) is 0 Å². The molecule has 0 aliphatic carbocycles. The van der Waals surface area contributed by atoms with Crippen LogP contribution < -0.4 is 5.73 Å². The lowest BCUT2D eigenvalue weighted by Crippen LogP contribution is -2.55. The monoisotopic (exact) mass is 229 g/mol. The Morgan fingerprint density at radius 2 is 1.88 bits per heavy atom. The fraction of sp³-hybridized carbons (Fsp3) is 0.800. The van der Waals surface area contributed by atoms with Crippen LogP contribution in [0.15, 0.2) is 0 Å². The summed E-state index contributed by atoms with van der Waals surface area (Å²) in [7, 11) is 0. The van der Waals surface area contributed by atoms with Crippen molar-refractivity contribution in [3.05, 3.63) is 0 Å². The maximum Gasteiger partial charge on any atom is 0.242 e. The maximum atomic E-state index is 11.7. The summed E-state index contributed by atoms with van der Waals surface area (Å²) < 4.78 is 0. The van der Waals surface area contributed by atoms with E-state index in [1.807, 2.05) is 6.92 Å². The van der Waals surface area contributed by atoms with Crippen molar-refractivity contribution in [3.63, 3.8) is 0 Å². The molecule has 16 heavy (non-hydrogen) atoms. The second kappa shape index (κ2) is 5.81. The predicted molar refractivity (Wildman–Crippen MR) is 58.5 cm³/mol. The standard InChI is InChI=1S/C10H19N3O3/c1-2-3-12-6-10(16)13(7-9(12)15)5-8(14)4-11/h8,14H,2-7,11H2,1H3. The van der Waals surface area contributed by atoms with Gasteiger partial charge in [-0.15, -0.1) is 0 Å².